The molecule has 6 heteroatoms. The first-order valence-electron chi connectivity index (χ1n) is 2.90. The zero-order chi connectivity index (χ0) is 7.84. The van der Waals surface area contributed by atoms with Crippen LogP contribution in [0.2, 0.25) is 0 Å². The average Bonchev–Trinajstić information content (AvgIpc) is 2.35. The molecule has 0 unspecified atom stereocenters. The van der Waals surface area contributed by atoms with E-state index in [2.05, 4.69) is 36.3 Å². The number of aromatic amines is 1. The molecule has 2 aromatic rings. The van der Waals surface area contributed by atoms with Crippen molar-refractivity contribution >= 4 is 32.8 Å². The Morgan fingerprint density at radius 3 is 3.00 bits per heavy atom. The number of fused-ring (bicyclic) bond motifs is 1. The minimum Gasteiger partial charge on any atom is -0.380 e. The molecule has 2 rings (SSSR count). The molecule has 5 nitrogen and oxygen atoms in total. The van der Waals surface area contributed by atoms with Gasteiger partial charge in [-0.25, -0.2) is 0 Å². The molecule has 0 saturated heterocycles. The molecule has 0 bridgehead atoms. The highest BCUT2D eigenvalue weighted by Crippen LogP contribution is 2.22. The van der Waals surface area contributed by atoms with Crippen LogP contribution in [0, 0.1) is 0 Å². The molecule has 0 aliphatic rings. The van der Waals surface area contributed by atoms with Crippen LogP contribution >= 0.6 is 15.9 Å². The summed E-state index contributed by atoms with van der Waals surface area (Å²) in [6, 6.07) is 0. The maximum absolute atomic E-state index is 5.50. The maximum Gasteiger partial charge on any atom is 0.173 e. The van der Waals surface area contributed by atoms with Gasteiger partial charge in [0.2, 0.25) is 0 Å². The molecular formula is C5H4BrN5. The second-order valence-corrected chi connectivity index (χ2v) is 2.89. The number of rotatable bonds is 0. The maximum atomic E-state index is 5.50. The molecule has 11 heavy (non-hydrogen) atoms. The SMILES string of the molecule is Nc1nnnc2c(Br)c[nH]c12. The summed E-state index contributed by atoms with van der Waals surface area (Å²) in [5, 5.41) is 10.8. The molecule has 0 spiro atoms. The molecule has 0 aliphatic carbocycles. The molecular weight excluding hydrogens is 210 g/mol. The third kappa shape index (κ3) is 0.864. The van der Waals surface area contributed by atoms with Crippen LogP contribution in [-0.4, -0.2) is 20.4 Å². The highest BCUT2D eigenvalue weighted by atomic mass is 79.9. The Kier molecular flexibility index (Phi) is 1.28. The van der Waals surface area contributed by atoms with Crippen molar-refractivity contribution in [1.29, 1.82) is 0 Å². The van der Waals surface area contributed by atoms with Crippen molar-refractivity contribution in [2.24, 2.45) is 0 Å². The normalized spacial score (nSPS) is 10.6. The van der Waals surface area contributed by atoms with Crippen molar-refractivity contribution in [3.05, 3.63) is 10.7 Å². The summed E-state index contributed by atoms with van der Waals surface area (Å²) < 4.78 is 0.842. The number of nitrogens with one attached hydrogen (secondary N) is 1. The molecule has 0 atom stereocenters. The number of H-pyrrole nitrogens is 1. The predicted molar refractivity (Wildman–Crippen MR) is 43.8 cm³/mol. The van der Waals surface area contributed by atoms with Gasteiger partial charge in [0.25, 0.3) is 0 Å². The molecule has 0 saturated carbocycles. The van der Waals surface area contributed by atoms with E-state index >= 15 is 0 Å². The Balaban J connectivity index is 2.94. The van der Waals surface area contributed by atoms with E-state index in [1.807, 2.05) is 0 Å². The van der Waals surface area contributed by atoms with E-state index in [1.165, 1.54) is 0 Å². The van der Waals surface area contributed by atoms with Crippen LogP contribution in [0.1, 0.15) is 0 Å². The lowest BCUT2D eigenvalue weighted by molar-refractivity contribution is 0.902. The summed E-state index contributed by atoms with van der Waals surface area (Å²) in [6.45, 7) is 0. The van der Waals surface area contributed by atoms with Gasteiger partial charge in [-0.2, -0.15) is 0 Å². The van der Waals surface area contributed by atoms with Gasteiger partial charge in [0.1, 0.15) is 11.0 Å². The highest BCUT2D eigenvalue weighted by Gasteiger charge is 2.05. The van der Waals surface area contributed by atoms with Crippen LogP contribution in [0.5, 0.6) is 0 Å². The standard InChI is InChI=1S/C5H4BrN5/c6-2-1-8-4-3(2)9-11-10-5(4)7/h1,8H,(H2,7,9,10). The van der Waals surface area contributed by atoms with Gasteiger partial charge >= 0.3 is 0 Å². The minimum atomic E-state index is 0.362. The van der Waals surface area contributed by atoms with Gasteiger partial charge < -0.3 is 10.7 Å². The summed E-state index contributed by atoms with van der Waals surface area (Å²) >= 11 is 3.28. The van der Waals surface area contributed by atoms with Gasteiger partial charge in [-0.05, 0) is 21.1 Å². The van der Waals surface area contributed by atoms with E-state index in [1.54, 1.807) is 6.20 Å². The average molecular weight is 214 g/mol. The van der Waals surface area contributed by atoms with Crippen LogP contribution in [0.15, 0.2) is 10.7 Å². The number of nitrogens with two attached hydrogens (primary N) is 1. The number of aromatic nitrogens is 4. The van der Waals surface area contributed by atoms with Gasteiger partial charge in [-0.3, -0.25) is 0 Å². The van der Waals surface area contributed by atoms with Crippen molar-refractivity contribution in [1.82, 2.24) is 20.4 Å². The first-order chi connectivity index (χ1) is 5.29. The fourth-order valence-electron chi connectivity index (χ4n) is 0.850. The zero-order valence-corrected chi connectivity index (χ0v) is 6.96. The zero-order valence-electron chi connectivity index (χ0n) is 5.37. The number of nitrogens with zero attached hydrogens (tertiary/aromatic N) is 3. The third-order valence-electron chi connectivity index (χ3n) is 1.36. The second-order valence-electron chi connectivity index (χ2n) is 2.03. The molecule has 0 amide bonds. The van der Waals surface area contributed by atoms with Crippen LogP contribution in [0.4, 0.5) is 5.82 Å². The van der Waals surface area contributed by atoms with Gasteiger partial charge in [-0.1, -0.05) is 0 Å². The molecule has 0 aromatic carbocycles. The third-order valence-corrected chi connectivity index (χ3v) is 1.96. The van der Waals surface area contributed by atoms with Crippen LogP contribution in [0.25, 0.3) is 11.0 Å². The van der Waals surface area contributed by atoms with Crippen LogP contribution in [-0.2, 0) is 0 Å². The smallest absolute Gasteiger partial charge is 0.173 e. The van der Waals surface area contributed by atoms with E-state index in [9.17, 15) is 0 Å². The van der Waals surface area contributed by atoms with E-state index in [4.69, 9.17) is 5.73 Å². The fourth-order valence-corrected chi connectivity index (χ4v) is 1.24. The molecule has 3 N–H and O–H groups in total. The lowest BCUT2D eigenvalue weighted by Gasteiger charge is -1.89. The fraction of sp³-hybridized carbons (Fsp3) is 0. The number of anilines is 1. The summed E-state index contributed by atoms with van der Waals surface area (Å²) in [4.78, 5) is 2.92. The molecule has 2 aromatic heterocycles. The Labute approximate surface area is 70.1 Å². The van der Waals surface area contributed by atoms with Gasteiger partial charge in [0.05, 0.1) is 4.47 Å². The monoisotopic (exact) mass is 213 g/mol. The first-order valence-corrected chi connectivity index (χ1v) is 3.70. The molecule has 2 heterocycles. The largest absolute Gasteiger partial charge is 0.380 e. The van der Waals surface area contributed by atoms with Crippen LogP contribution < -0.4 is 5.73 Å². The molecule has 0 fully saturated rings. The van der Waals surface area contributed by atoms with E-state index in [-0.39, 0.29) is 0 Å². The number of halogens is 1. The van der Waals surface area contributed by atoms with Crippen molar-refractivity contribution in [3.63, 3.8) is 0 Å². The first kappa shape index (κ1) is 6.53. The number of hydrogen-bond donors (Lipinski definition) is 2. The number of hydrogen-bond acceptors (Lipinski definition) is 4. The summed E-state index contributed by atoms with van der Waals surface area (Å²) in [5.41, 5.74) is 6.92. The van der Waals surface area contributed by atoms with Crippen molar-refractivity contribution in [2.75, 3.05) is 5.73 Å². The van der Waals surface area contributed by atoms with Crippen LogP contribution in [0.3, 0.4) is 0 Å². The lowest BCUT2D eigenvalue weighted by Crippen LogP contribution is -1.95. The van der Waals surface area contributed by atoms with Gasteiger partial charge in [0.15, 0.2) is 5.82 Å². The highest BCUT2D eigenvalue weighted by molar-refractivity contribution is 9.10. The second kappa shape index (κ2) is 2.16. The summed E-state index contributed by atoms with van der Waals surface area (Å²) in [5.74, 6) is 0.362. The summed E-state index contributed by atoms with van der Waals surface area (Å²) in [7, 11) is 0. The van der Waals surface area contributed by atoms with Gasteiger partial charge in [0, 0.05) is 6.20 Å². The quantitative estimate of drug-likeness (QED) is 0.676. The van der Waals surface area contributed by atoms with E-state index in [0.29, 0.717) is 16.9 Å². The molecule has 0 radical (unpaired) electrons. The Morgan fingerprint density at radius 1 is 1.45 bits per heavy atom. The Morgan fingerprint density at radius 2 is 2.27 bits per heavy atom. The lowest BCUT2D eigenvalue weighted by atomic mass is 10.4. The molecule has 56 valence electrons. The van der Waals surface area contributed by atoms with E-state index < -0.39 is 0 Å². The van der Waals surface area contributed by atoms with Crippen molar-refractivity contribution in [2.45, 2.75) is 0 Å². The Bertz CT molecular complexity index is 395. The molecule has 0 aliphatic heterocycles. The minimum absolute atomic E-state index is 0.362. The van der Waals surface area contributed by atoms with E-state index in [0.717, 1.165) is 4.47 Å². The Hall–Kier alpha value is -1.17. The van der Waals surface area contributed by atoms with Gasteiger partial charge in [-0.15, -0.1) is 10.2 Å². The topological polar surface area (TPSA) is 80.5 Å². The summed E-state index contributed by atoms with van der Waals surface area (Å²) in [6.07, 6.45) is 1.75. The van der Waals surface area contributed by atoms with Crippen molar-refractivity contribution in [3.8, 4) is 0 Å². The van der Waals surface area contributed by atoms with Crippen molar-refractivity contribution < 1.29 is 0 Å². The number of nitrogen functional groups attached to an aromatic ring is 1. The predicted octanol–water partition coefficient (Wildman–Crippen LogP) is 0.698.